The molecular formula is C12H21NO3. The first-order chi connectivity index (χ1) is 7.57. The Kier molecular flexibility index (Phi) is 8.21. The predicted molar refractivity (Wildman–Crippen MR) is 62.8 cm³/mol. The number of hydrogen-bond acceptors (Lipinski definition) is 2. The van der Waals surface area contributed by atoms with Gasteiger partial charge in [0.2, 0.25) is 5.91 Å². The molecule has 4 heteroatoms. The number of hydrogen-bond donors (Lipinski definition) is 2. The van der Waals surface area contributed by atoms with Crippen molar-refractivity contribution in [1.82, 2.24) is 0 Å². The molecule has 0 fully saturated rings. The molecule has 0 aromatic carbocycles. The van der Waals surface area contributed by atoms with E-state index in [1.807, 2.05) is 6.08 Å². The number of unbranched alkanes of at least 4 members (excludes halogenated alkanes) is 4. The molecule has 16 heavy (non-hydrogen) atoms. The fourth-order valence-electron chi connectivity index (χ4n) is 1.40. The number of primary amides is 1. The molecule has 0 rings (SSSR count). The first-order valence-corrected chi connectivity index (χ1v) is 5.75. The second-order valence-electron chi connectivity index (χ2n) is 3.88. The highest BCUT2D eigenvalue weighted by atomic mass is 16.4. The van der Waals surface area contributed by atoms with E-state index in [9.17, 15) is 9.59 Å². The minimum atomic E-state index is -1.00. The molecular weight excluding hydrogens is 206 g/mol. The Morgan fingerprint density at radius 2 is 2.00 bits per heavy atom. The molecule has 0 bridgehead atoms. The van der Waals surface area contributed by atoms with Crippen LogP contribution < -0.4 is 5.73 Å². The summed E-state index contributed by atoms with van der Waals surface area (Å²) < 4.78 is 0. The Morgan fingerprint density at radius 3 is 2.50 bits per heavy atom. The summed E-state index contributed by atoms with van der Waals surface area (Å²) in [7, 11) is 0. The lowest BCUT2D eigenvalue weighted by Gasteiger charge is -2.04. The third kappa shape index (κ3) is 8.03. The summed E-state index contributed by atoms with van der Waals surface area (Å²) in [4.78, 5) is 21.4. The van der Waals surface area contributed by atoms with Gasteiger partial charge in [-0.1, -0.05) is 38.3 Å². The SMILES string of the molecule is CCCCCCC=CC(CC(=O)O)C(N)=O. The molecule has 0 heterocycles. The zero-order chi connectivity index (χ0) is 12.4. The van der Waals surface area contributed by atoms with Crippen LogP contribution in [0.4, 0.5) is 0 Å². The molecule has 0 aromatic rings. The van der Waals surface area contributed by atoms with Crippen LogP contribution in [0.25, 0.3) is 0 Å². The Balaban J connectivity index is 3.85. The molecule has 0 aromatic heterocycles. The number of amides is 1. The number of carbonyl (C=O) groups excluding carboxylic acids is 1. The van der Waals surface area contributed by atoms with Crippen LogP contribution in [0.1, 0.15) is 45.4 Å². The number of carboxylic acids is 1. The molecule has 0 saturated carbocycles. The molecule has 1 unspecified atom stereocenters. The largest absolute Gasteiger partial charge is 0.481 e. The Labute approximate surface area is 96.5 Å². The monoisotopic (exact) mass is 227 g/mol. The molecule has 0 saturated heterocycles. The van der Waals surface area contributed by atoms with E-state index in [2.05, 4.69) is 6.92 Å². The van der Waals surface area contributed by atoms with Crippen LogP contribution in [0.15, 0.2) is 12.2 Å². The maximum absolute atomic E-state index is 10.9. The van der Waals surface area contributed by atoms with Gasteiger partial charge in [0.05, 0.1) is 12.3 Å². The summed E-state index contributed by atoms with van der Waals surface area (Å²) in [6.07, 6.45) is 8.76. The van der Waals surface area contributed by atoms with E-state index < -0.39 is 17.8 Å². The van der Waals surface area contributed by atoms with Gasteiger partial charge in [-0.05, 0) is 12.8 Å². The topological polar surface area (TPSA) is 80.4 Å². The van der Waals surface area contributed by atoms with Crippen LogP contribution in [0, 0.1) is 5.92 Å². The number of rotatable bonds is 9. The number of aliphatic carboxylic acids is 1. The zero-order valence-corrected chi connectivity index (χ0v) is 9.82. The van der Waals surface area contributed by atoms with E-state index >= 15 is 0 Å². The summed E-state index contributed by atoms with van der Waals surface area (Å²) in [5.74, 6) is -2.25. The predicted octanol–water partition coefficient (Wildman–Crippen LogP) is 2.09. The molecule has 1 atom stereocenters. The molecule has 0 aliphatic heterocycles. The highest BCUT2D eigenvalue weighted by Crippen LogP contribution is 2.08. The van der Waals surface area contributed by atoms with Gasteiger partial charge in [-0.3, -0.25) is 9.59 Å². The number of nitrogens with two attached hydrogens (primary N) is 1. The van der Waals surface area contributed by atoms with Gasteiger partial charge in [0.15, 0.2) is 0 Å². The maximum Gasteiger partial charge on any atom is 0.304 e. The molecule has 1 amide bonds. The normalized spacial score (nSPS) is 12.8. The number of carbonyl (C=O) groups is 2. The highest BCUT2D eigenvalue weighted by Gasteiger charge is 2.15. The summed E-state index contributed by atoms with van der Waals surface area (Å²) >= 11 is 0. The van der Waals surface area contributed by atoms with Crippen molar-refractivity contribution in [2.45, 2.75) is 45.4 Å². The van der Waals surface area contributed by atoms with Gasteiger partial charge in [-0.2, -0.15) is 0 Å². The first kappa shape index (κ1) is 14.7. The van der Waals surface area contributed by atoms with Crippen LogP contribution >= 0.6 is 0 Å². The lowest BCUT2D eigenvalue weighted by molar-refractivity contribution is -0.139. The standard InChI is InChI=1S/C12H21NO3/c1-2-3-4-5-6-7-8-10(12(13)16)9-11(14)15/h7-8,10H,2-6,9H2,1H3,(H2,13,16)(H,14,15). The molecule has 0 aliphatic rings. The number of carboxylic acid groups (broad SMARTS) is 1. The smallest absolute Gasteiger partial charge is 0.304 e. The van der Waals surface area contributed by atoms with E-state index in [-0.39, 0.29) is 6.42 Å². The van der Waals surface area contributed by atoms with Crippen molar-refractivity contribution in [1.29, 1.82) is 0 Å². The molecule has 0 aliphatic carbocycles. The highest BCUT2D eigenvalue weighted by molar-refractivity contribution is 5.83. The van der Waals surface area contributed by atoms with Gasteiger partial charge >= 0.3 is 5.97 Å². The lowest BCUT2D eigenvalue weighted by atomic mass is 10.0. The minimum absolute atomic E-state index is 0.221. The summed E-state index contributed by atoms with van der Waals surface area (Å²) in [5.41, 5.74) is 5.09. The second-order valence-corrected chi connectivity index (χ2v) is 3.88. The third-order valence-corrected chi connectivity index (χ3v) is 2.35. The fourth-order valence-corrected chi connectivity index (χ4v) is 1.40. The van der Waals surface area contributed by atoms with Crippen molar-refractivity contribution in [2.75, 3.05) is 0 Å². The van der Waals surface area contributed by atoms with Gasteiger partial charge in [0.1, 0.15) is 0 Å². The molecule has 0 radical (unpaired) electrons. The van der Waals surface area contributed by atoms with Gasteiger partial charge in [0, 0.05) is 0 Å². The summed E-state index contributed by atoms with van der Waals surface area (Å²) in [6.45, 7) is 2.14. The van der Waals surface area contributed by atoms with Gasteiger partial charge < -0.3 is 10.8 Å². The maximum atomic E-state index is 10.9. The van der Waals surface area contributed by atoms with E-state index in [1.54, 1.807) is 6.08 Å². The van der Waals surface area contributed by atoms with Crippen LogP contribution in [0.3, 0.4) is 0 Å². The fraction of sp³-hybridized carbons (Fsp3) is 0.667. The molecule has 0 spiro atoms. The molecule has 4 nitrogen and oxygen atoms in total. The van der Waals surface area contributed by atoms with E-state index in [0.717, 1.165) is 12.8 Å². The first-order valence-electron chi connectivity index (χ1n) is 5.75. The zero-order valence-electron chi connectivity index (χ0n) is 9.82. The van der Waals surface area contributed by atoms with Crippen molar-refractivity contribution < 1.29 is 14.7 Å². The van der Waals surface area contributed by atoms with E-state index in [1.165, 1.54) is 19.3 Å². The van der Waals surface area contributed by atoms with Crippen LogP contribution in [0.5, 0.6) is 0 Å². The third-order valence-electron chi connectivity index (χ3n) is 2.35. The summed E-state index contributed by atoms with van der Waals surface area (Å²) in [5, 5.41) is 8.56. The van der Waals surface area contributed by atoms with Gasteiger partial charge in [-0.25, -0.2) is 0 Å². The number of allylic oxidation sites excluding steroid dienone is 1. The average molecular weight is 227 g/mol. The van der Waals surface area contributed by atoms with Crippen molar-refractivity contribution >= 4 is 11.9 Å². The summed E-state index contributed by atoms with van der Waals surface area (Å²) in [6, 6.07) is 0. The molecule has 3 N–H and O–H groups in total. The Morgan fingerprint density at radius 1 is 1.31 bits per heavy atom. The van der Waals surface area contributed by atoms with E-state index in [4.69, 9.17) is 10.8 Å². The molecule has 92 valence electrons. The van der Waals surface area contributed by atoms with Crippen LogP contribution in [0.2, 0.25) is 0 Å². The lowest BCUT2D eigenvalue weighted by Crippen LogP contribution is -2.23. The van der Waals surface area contributed by atoms with Crippen molar-refractivity contribution in [3.8, 4) is 0 Å². The van der Waals surface area contributed by atoms with Crippen molar-refractivity contribution in [3.05, 3.63) is 12.2 Å². The Bertz CT molecular complexity index is 249. The minimum Gasteiger partial charge on any atom is -0.481 e. The van der Waals surface area contributed by atoms with Gasteiger partial charge in [-0.15, -0.1) is 0 Å². The van der Waals surface area contributed by atoms with Crippen LogP contribution in [-0.4, -0.2) is 17.0 Å². The quantitative estimate of drug-likeness (QED) is 0.467. The van der Waals surface area contributed by atoms with Crippen LogP contribution in [-0.2, 0) is 9.59 Å². The second kappa shape index (κ2) is 8.95. The van der Waals surface area contributed by atoms with Gasteiger partial charge in [0.25, 0.3) is 0 Å². The van der Waals surface area contributed by atoms with Crippen molar-refractivity contribution in [2.24, 2.45) is 11.7 Å². The van der Waals surface area contributed by atoms with E-state index in [0.29, 0.717) is 0 Å². The van der Waals surface area contributed by atoms with Crippen molar-refractivity contribution in [3.63, 3.8) is 0 Å². The average Bonchev–Trinajstić information content (AvgIpc) is 2.20. The Hall–Kier alpha value is -1.32.